The van der Waals surface area contributed by atoms with E-state index in [9.17, 15) is 4.79 Å². The molecule has 4 rings (SSSR count). The largest absolute Gasteiger partial charge is 0.484 e. The number of rotatable bonds is 9. The molecule has 190 valence electrons. The highest BCUT2D eigenvalue weighted by molar-refractivity contribution is 6.33. The summed E-state index contributed by atoms with van der Waals surface area (Å²) in [6.07, 6.45) is 1.09. The van der Waals surface area contributed by atoms with Gasteiger partial charge in [0.2, 0.25) is 0 Å². The predicted octanol–water partition coefficient (Wildman–Crippen LogP) is 6.85. The maximum Gasteiger partial charge on any atom is 0.262 e. The van der Waals surface area contributed by atoms with Crippen LogP contribution in [0.15, 0.2) is 66.7 Å². The number of nitrogens with zero attached hydrogens (tertiary/aromatic N) is 2. The summed E-state index contributed by atoms with van der Waals surface area (Å²) in [4.78, 5) is 17.1. The molecule has 5 nitrogen and oxygen atoms in total. The van der Waals surface area contributed by atoms with Crippen LogP contribution in [0, 0.1) is 0 Å². The zero-order chi connectivity index (χ0) is 25.5. The quantitative estimate of drug-likeness (QED) is 0.331. The normalized spacial score (nSPS) is 14.9. The predicted molar refractivity (Wildman–Crippen MR) is 150 cm³/mol. The van der Waals surface area contributed by atoms with Crippen LogP contribution in [0.5, 0.6) is 5.75 Å². The number of carbonyl (C=O) groups is 1. The first-order valence-corrected chi connectivity index (χ1v) is 13.2. The fourth-order valence-corrected chi connectivity index (χ4v) is 4.83. The number of benzene rings is 3. The summed E-state index contributed by atoms with van der Waals surface area (Å²) in [6, 6.07) is 21.6. The second-order valence-corrected chi connectivity index (χ2v) is 10.1. The van der Waals surface area contributed by atoms with E-state index >= 15 is 0 Å². The van der Waals surface area contributed by atoms with Crippen molar-refractivity contribution in [3.63, 3.8) is 0 Å². The molecule has 7 heteroatoms. The summed E-state index contributed by atoms with van der Waals surface area (Å²) in [5, 5.41) is 4.30. The number of piperazine rings is 1. The molecule has 0 bridgehead atoms. The van der Waals surface area contributed by atoms with E-state index in [-0.39, 0.29) is 12.5 Å². The molecular formula is C29H33Cl2N3O2. The van der Waals surface area contributed by atoms with Gasteiger partial charge in [-0.25, -0.2) is 0 Å². The van der Waals surface area contributed by atoms with Gasteiger partial charge in [0.1, 0.15) is 5.75 Å². The third-order valence-corrected chi connectivity index (χ3v) is 7.40. The smallest absolute Gasteiger partial charge is 0.262 e. The first-order valence-electron chi connectivity index (χ1n) is 12.5. The molecule has 1 aliphatic rings. The molecule has 1 atom stereocenters. The number of hydrogen-bond donors (Lipinski definition) is 1. The van der Waals surface area contributed by atoms with Crippen molar-refractivity contribution in [2.75, 3.05) is 43.0 Å². The Balaban J connectivity index is 1.26. The molecule has 1 N–H and O–H groups in total. The lowest BCUT2D eigenvalue weighted by Gasteiger charge is -2.36. The molecule has 0 spiro atoms. The van der Waals surface area contributed by atoms with Crippen LogP contribution in [0.3, 0.4) is 0 Å². The highest BCUT2D eigenvalue weighted by Crippen LogP contribution is 2.30. The minimum absolute atomic E-state index is 0.0601. The van der Waals surface area contributed by atoms with Crippen molar-refractivity contribution in [1.29, 1.82) is 0 Å². The van der Waals surface area contributed by atoms with Crippen molar-refractivity contribution in [1.82, 2.24) is 4.90 Å². The summed E-state index contributed by atoms with van der Waals surface area (Å²) < 4.78 is 5.65. The lowest BCUT2D eigenvalue weighted by Crippen LogP contribution is -2.46. The van der Waals surface area contributed by atoms with Crippen molar-refractivity contribution in [3.8, 4) is 5.75 Å². The zero-order valence-electron chi connectivity index (χ0n) is 20.8. The van der Waals surface area contributed by atoms with Crippen molar-refractivity contribution in [3.05, 3.63) is 87.9 Å². The summed E-state index contributed by atoms with van der Waals surface area (Å²) in [5.41, 5.74) is 4.05. The Morgan fingerprint density at radius 2 is 1.69 bits per heavy atom. The van der Waals surface area contributed by atoms with E-state index in [1.807, 2.05) is 42.5 Å². The maximum atomic E-state index is 12.4. The number of carbonyl (C=O) groups excluding carboxylic acids is 1. The van der Waals surface area contributed by atoms with Gasteiger partial charge in [-0.2, -0.15) is 0 Å². The van der Waals surface area contributed by atoms with Gasteiger partial charge in [-0.3, -0.25) is 9.69 Å². The highest BCUT2D eigenvalue weighted by atomic mass is 35.5. The van der Waals surface area contributed by atoms with Gasteiger partial charge >= 0.3 is 0 Å². The lowest BCUT2D eigenvalue weighted by atomic mass is 9.99. The average Bonchev–Trinajstić information content (AvgIpc) is 2.89. The molecular weight excluding hydrogens is 493 g/mol. The lowest BCUT2D eigenvalue weighted by molar-refractivity contribution is -0.118. The Morgan fingerprint density at radius 3 is 2.36 bits per heavy atom. The summed E-state index contributed by atoms with van der Waals surface area (Å²) in [7, 11) is 0. The number of hydrogen-bond acceptors (Lipinski definition) is 4. The molecule has 3 aromatic carbocycles. The molecule has 1 saturated heterocycles. The van der Waals surface area contributed by atoms with Gasteiger partial charge in [0.15, 0.2) is 6.61 Å². The van der Waals surface area contributed by atoms with Crippen molar-refractivity contribution in [2.45, 2.75) is 32.7 Å². The molecule has 36 heavy (non-hydrogen) atoms. The second-order valence-electron chi connectivity index (χ2n) is 9.24. The van der Waals surface area contributed by atoms with E-state index in [1.165, 1.54) is 5.56 Å². The number of anilines is 2. The van der Waals surface area contributed by atoms with Gasteiger partial charge in [0, 0.05) is 43.4 Å². The molecule has 0 unspecified atom stereocenters. The van der Waals surface area contributed by atoms with Crippen molar-refractivity contribution < 1.29 is 9.53 Å². The van der Waals surface area contributed by atoms with Crippen LogP contribution in [-0.2, 0) is 11.3 Å². The van der Waals surface area contributed by atoms with E-state index in [2.05, 4.69) is 47.2 Å². The minimum Gasteiger partial charge on any atom is -0.484 e. The Morgan fingerprint density at radius 1 is 0.972 bits per heavy atom. The van der Waals surface area contributed by atoms with E-state index in [0.717, 1.165) is 55.4 Å². The minimum atomic E-state index is -0.224. The SMILES string of the molecule is CC[C@H](C)c1ccc(OCC(=O)Nc2ccc(N3CCN(Cc4ccccc4Cl)CC3)c(Cl)c2)cc1. The van der Waals surface area contributed by atoms with Gasteiger partial charge in [-0.15, -0.1) is 0 Å². The number of ether oxygens (including phenoxy) is 1. The fourth-order valence-electron chi connectivity index (χ4n) is 4.33. The topological polar surface area (TPSA) is 44.8 Å². The van der Waals surface area contributed by atoms with Crippen molar-refractivity contribution >= 4 is 40.5 Å². The molecule has 0 saturated carbocycles. The molecule has 1 fully saturated rings. The van der Waals surface area contributed by atoms with Crippen LogP contribution in [0.1, 0.15) is 37.3 Å². The third kappa shape index (κ3) is 6.94. The fraction of sp³-hybridized carbons (Fsp3) is 0.345. The first-order chi connectivity index (χ1) is 17.4. The van der Waals surface area contributed by atoms with Gasteiger partial charge < -0.3 is 15.0 Å². The molecule has 1 amide bonds. The molecule has 1 heterocycles. The number of amides is 1. The zero-order valence-corrected chi connectivity index (χ0v) is 22.4. The van der Waals surface area contributed by atoms with Crippen LogP contribution >= 0.6 is 23.2 Å². The maximum absolute atomic E-state index is 12.4. The van der Waals surface area contributed by atoms with E-state index in [4.69, 9.17) is 27.9 Å². The van der Waals surface area contributed by atoms with E-state index in [1.54, 1.807) is 6.07 Å². The Hall–Kier alpha value is -2.73. The third-order valence-electron chi connectivity index (χ3n) is 6.73. The summed E-state index contributed by atoms with van der Waals surface area (Å²) >= 11 is 12.9. The monoisotopic (exact) mass is 525 g/mol. The average molecular weight is 527 g/mol. The van der Waals surface area contributed by atoms with Crippen LogP contribution in [-0.4, -0.2) is 43.6 Å². The number of nitrogens with one attached hydrogen (secondary N) is 1. The van der Waals surface area contributed by atoms with Gasteiger partial charge in [0.25, 0.3) is 5.91 Å². The standard InChI is InChI=1S/C29H33Cl2N3O2/c1-3-21(2)22-8-11-25(12-9-22)36-20-29(35)32-24-10-13-28(27(31)18-24)34-16-14-33(15-17-34)19-23-6-4-5-7-26(23)30/h4-13,18,21H,3,14-17,19-20H2,1-2H3,(H,32,35)/t21-/m0/s1. The van der Waals surface area contributed by atoms with Gasteiger partial charge in [-0.1, -0.05) is 67.4 Å². The first kappa shape index (κ1) is 26.3. The molecule has 3 aromatic rings. The van der Waals surface area contributed by atoms with Crippen LogP contribution in [0.2, 0.25) is 10.0 Å². The second kappa shape index (κ2) is 12.5. The van der Waals surface area contributed by atoms with Gasteiger partial charge in [-0.05, 0) is 59.9 Å². The highest BCUT2D eigenvalue weighted by Gasteiger charge is 2.20. The molecule has 0 radical (unpaired) electrons. The Labute approximate surface area is 224 Å². The molecule has 0 aromatic heterocycles. The van der Waals surface area contributed by atoms with Crippen LogP contribution in [0.4, 0.5) is 11.4 Å². The summed E-state index contributed by atoms with van der Waals surface area (Å²) in [5.74, 6) is 0.963. The molecule has 1 aliphatic heterocycles. The van der Waals surface area contributed by atoms with Crippen LogP contribution < -0.4 is 15.0 Å². The Bertz CT molecular complexity index is 1160. The van der Waals surface area contributed by atoms with E-state index in [0.29, 0.717) is 22.4 Å². The van der Waals surface area contributed by atoms with Crippen LogP contribution in [0.25, 0.3) is 0 Å². The number of halogens is 2. The Kier molecular flexibility index (Phi) is 9.13. The van der Waals surface area contributed by atoms with E-state index < -0.39 is 0 Å². The molecule has 0 aliphatic carbocycles. The van der Waals surface area contributed by atoms with Crippen molar-refractivity contribution in [2.24, 2.45) is 0 Å². The summed E-state index contributed by atoms with van der Waals surface area (Å²) in [6.45, 7) is 8.75. The van der Waals surface area contributed by atoms with Gasteiger partial charge in [0.05, 0.1) is 10.7 Å².